The molecule has 1 aliphatic rings. The van der Waals surface area contributed by atoms with Crippen LogP contribution >= 0.6 is 11.8 Å². The van der Waals surface area contributed by atoms with Gasteiger partial charge in [-0.2, -0.15) is 0 Å². The Morgan fingerprint density at radius 2 is 2.10 bits per heavy atom. The molecule has 0 radical (unpaired) electrons. The minimum absolute atomic E-state index is 0.260. The Bertz CT molecular complexity index is 650. The van der Waals surface area contributed by atoms with Crippen molar-refractivity contribution in [3.8, 4) is 0 Å². The van der Waals surface area contributed by atoms with Crippen molar-refractivity contribution in [1.29, 1.82) is 0 Å². The molecule has 0 aliphatic carbocycles. The van der Waals surface area contributed by atoms with Crippen molar-refractivity contribution in [3.05, 3.63) is 53.8 Å². The smallest absolute Gasteiger partial charge is 0.124 e. The highest BCUT2D eigenvalue weighted by Gasteiger charge is 2.24. The number of halogens is 1. The summed E-state index contributed by atoms with van der Waals surface area (Å²) >= 11 is 1.74. The summed E-state index contributed by atoms with van der Waals surface area (Å²) in [6.45, 7) is 0. The third-order valence-electron chi connectivity index (χ3n) is 3.27. The molecule has 2 aromatic rings. The second-order valence-corrected chi connectivity index (χ2v) is 7.55. The lowest BCUT2D eigenvalue weighted by Crippen LogP contribution is -2.14. The van der Waals surface area contributed by atoms with Crippen LogP contribution < -0.4 is 5.73 Å². The molecule has 0 spiro atoms. The summed E-state index contributed by atoms with van der Waals surface area (Å²) in [5.41, 5.74) is 7.47. The highest BCUT2D eigenvalue weighted by molar-refractivity contribution is 8.01. The Labute approximate surface area is 124 Å². The Hall–Kier alpha value is -1.33. The van der Waals surface area contributed by atoms with Gasteiger partial charge in [-0.1, -0.05) is 18.2 Å². The maximum Gasteiger partial charge on any atom is 0.124 e. The zero-order valence-electron chi connectivity index (χ0n) is 10.7. The molecule has 1 aliphatic heterocycles. The van der Waals surface area contributed by atoms with Gasteiger partial charge in [-0.3, -0.25) is 4.21 Å². The van der Waals surface area contributed by atoms with Crippen molar-refractivity contribution >= 4 is 28.2 Å². The van der Waals surface area contributed by atoms with Crippen molar-refractivity contribution in [3.63, 3.8) is 0 Å². The van der Waals surface area contributed by atoms with E-state index in [9.17, 15) is 8.60 Å². The number of rotatable bonds is 3. The summed E-state index contributed by atoms with van der Waals surface area (Å²) in [4.78, 5) is 1.66. The quantitative estimate of drug-likeness (QED) is 0.885. The Kier molecular flexibility index (Phi) is 3.81. The van der Waals surface area contributed by atoms with E-state index in [1.807, 2.05) is 12.1 Å². The minimum Gasteiger partial charge on any atom is -0.398 e. The molecule has 0 fully saturated rings. The van der Waals surface area contributed by atoms with Crippen LogP contribution in [0.3, 0.4) is 0 Å². The standard InChI is InChI=1S/C15H14FNOS2/c16-11-5-6-13(17)15(8-11)20(18)9-12-7-10-3-1-2-4-14(10)19-12/h1-6,8,12H,7,9,17H2. The maximum atomic E-state index is 13.2. The molecular formula is C15H14FNOS2. The van der Waals surface area contributed by atoms with Crippen LogP contribution in [0, 0.1) is 5.82 Å². The van der Waals surface area contributed by atoms with Gasteiger partial charge in [-0.15, -0.1) is 11.8 Å². The van der Waals surface area contributed by atoms with Crippen LogP contribution in [0.2, 0.25) is 0 Å². The number of thioether (sulfide) groups is 1. The van der Waals surface area contributed by atoms with Crippen molar-refractivity contribution < 1.29 is 8.60 Å². The van der Waals surface area contributed by atoms with Gasteiger partial charge in [-0.25, -0.2) is 4.39 Å². The van der Waals surface area contributed by atoms with Crippen LogP contribution in [0.4, 0.5) is 10.1 Å². The zero-order chi connectivity index (χ0) is 14.1. The molecule has 104 valence electrons. The van der Waals surface area contributed by atoms with Crippen LogP contribution in [0.25, 0.3) is 0 Å². The molecule has 0 amide bonds. The fourth-order valence-corrected chi connectivity index (χ4v) is 5.25. The van der Waals surface area contributed by atoms with Gasteiger partial charge in [0.2, 0.25) is 0 Å². The van der Waals surface area contributed by atoms with Crippen molar-refractivity contribution in [2.24, 2.45) is 0 Å². The number of anilines is 1. The summed E-state index contributed by atoms with van der Waals surface area (Å²) < 4.78 is 25.6. The molecule has 2 nitrogen and oxygen atoms in total. The lowest BCUT2D eigenvalue weighted by molar-refractivity contribution is 0.623. The first-order valence-corrected chi connectivity index (χ1v) is 8.51. The zero-order valence-corrected chi connectivity index (χ0v) is 12.3. The van der Waals surface area contributed by atoms with Gasteiger partial charge < -0.3 is 5.73 Å². The topological polar surface area (TPSA) is 43.1 Å². The summed E-state index contributed by atoms with van der Waals surface area (Å²) in [6.07, 6.45) is 0.905. The van der Waals surface area contributed by atoms with E-state index < -0.39 is 16.6 Å². The Balaban J connectivity index is 1.74. The first-order chi connectivity index (χ1) is 9.63. The van der Waals surface area contributed by atoms with Gasteiger partial charge in [0.15, 0.2) is 0 Å². The molecule has 0 saturated carbocycles. The van der Waals surface area contributed by atoms with Gasteiger partial charge in [0.05, 0.1) is 15.7 Å². The number of hydrogen-bond donors (Lipinski definition) is 1. The predicted octanol–water partition coefficient (Wildman–Crippen LogP) is 3.23. The van der Waals surface area contributed by atoms with E-state index >= 15 is 0 Å². The van der Waals surface area contributed by atoms with Gasteiger partial charge in [-0.05, 0) is 36.2 Å². The molecule has 0 bridgehead atoms. The molecule has 5 heteroatoms. The maximum absolute atomic E-state index is 13.2. The summed E-state index contributed by atoms with van der Waals surface area (Å²) in [5, 5.41) is 0.260. The van der Waals surface area contributed by atoms with E-state index in [4.69, 9.17) is 5.73 Å². The Morgan fingerprint density at radius 3 is 2.90 bits per heavy atom. The predicted molar refractivity (Wildman–Crippen MR) is 81.9 cm³/mol. The average molecular weight is 307 g/mol. The minimum atomic E-state index is -1.27. The average Bonchev–Trinajstić information content (AvgIpc) is 2.83. The Morgan fingerprint density at radius 1 is 1.30 bits per heavy atom. The van der Waals surface area contributed by atoms with Gasteiger partial charge in [0.1, 0.15) is 5.82 Å². The van der Waals surface area contributed by atoms with Crippen molar-refractivity contribution in [1.82, 2.24) is 0 Å². The fraction of sp³-hybridized carbons (Fsp3) is 0.200. The fourth-order valence-electron chi connectivity index (χ4n) is 2.31. The van der Waals surface area contributed by atoms with Crippen LogP contribution in [0.1, 0.15) is 5.56 Å². The first-order valence-electron chi connectivity index (χ1n) is 6.31. The van der Waals surface area contributed by atoms with Crippen molar-refractivity contribution in [2.45, 2.75) is 21.5 Å². The van der Waals surface area contributed by atoms with Crippen LogP contribution in [-0.2, 0) is 17.2 Å². The molecule has 2 N–H and O–H groups in total. The molecule has 0 saturated heterocycles. The van der Waals surface area contributed by atoms with Gasteiger partial charge in [0.25, 0.3) is 0 Å². The SMILES string of the molecule is Nc1ccc(F)cc1S(=O)CC1Cc2ccccc2S1. The first kappa shape index (κ1) is 13.6. The molecular weight excluding hydrogens is 293 g/mol. The van der Waals surface area contributed by atoms with E-state index in [1.165, 1.54) is 28.7 Å². The molecule has 1 heterocycles. The molecule has 0 aromatic heterocycles. The second-order valence-electron chi connectivity index (χ2n) is 4.75. The highest BCUT2D eigenvalue weighted by atomic mass is 32.2. The lowest BCUT2D eigenvalue weighted by Gasteiger charge is -2.10. The summed E-state index contributed by atoms with van der Waals surface area (Å²) in [6, 6.07) is 12.2. The van der Waals surface area contributed by atoms with E-state index in [-0.39, 0.29) is 5.25 Å². The molecule has 20 heavy (non-hydrogen) atoms. The molecule has 2 aromatic carbocycles. The molecule has 2 atom stereocenters. The third-order valence-corrected chi connectivity index (χ3v) is 6.35. The van der Waals surface area contributed by atoms with Crippen molar-refractivity contribution in [2.75, 3.05) is 11.5 Å². The monoisotopic (exact) mass is 307 g/mol. The number of fused-ring (bicyclic) bond motifs is 1. The number of nitrogens with two attached hydrogens (primary N) is 1. The van der Waals surface area contributed by atoms with Crippen LogP contribution in [-0.4, -0.2) is 15.2 Å². The van der Waals surface area contributed by atoms with E-state index in [0.717, 1.165) is 6.42 Å². The van der Waals surface area contributed by atoms with E-state index in [1.54, 1.807) is 11.8 Å². The largest absolute Gasteiger partial charge is 0.398 e. The number of hydrogen-bond acceptors (Lipinski definition) is 3. The number of nitrogen functional groups attached to an aromatic ring is 1. The van der Waals surface area contributed by atoms with E-state index in [0.29, 0.717) is 16.3 Å². The molecule has 2 unspecified atom stereocenters. The molecule has 3 rings (SSSR count). The van der Waals surface area contributed by atoms with Crippen LogP contribution in [0.5, 0.6) is 0 Å². The highest BCUT2D eigenvalue weighted by Crippen LogP contribution is 2.37. The summed E-state index contributed by atoms with van der Waals surface area (Å²) in [7, 11) is -1.27. The normalized spacial score (nSPS) is 18.8. The summed E-state index contributed by atoms with van der Waals surface area (Å²) in [5.74, 6) is 0.0948. The lowest BCUT2D eigenvalue weighted by atomic mass is 10.1. The van der Waals surface area contributed by atoms with Gasteiger partial charge in [0, 0.05) is 21.6 Å². The number of benzene rings is 2. The third kappa shape index (κ3) is 2.74. The van der Waals surface area contributed by atoms with Crippen LogP contribution in [0.15, 0.2) is 52.3 Å². The second kappa shape index (κ2) is 5.58. The van der Waals surface area contributed by atoms with Gasteiger partial charge >= 0.3 is 0 Å². The van der Waals surface area contributed by atoms with E-state index in [2.05, 4.69) is 12.1 Å².